The Balaban J connectivity index is 1.55. The number of carbonyl (C=O) groups is 2. The highest BCUT2D eigenvalue weighted by atomic mass is 19.1. The van der Waals surface area contributed by atoms with Crippen molar-refractivity contribution in [3.8, 4) is 5.75 Å². The van der Waals surface area contributed by atoms with Crippen LogP contribution >= 0.6 is 0 Å². The number of esters is 1. The summed E-state index contributed by atoms with van der Waals surface area (Å²) < 4.78 is 23.7. The Bertz CT molecular complexity index is 918. The summed E-state index contributed by atoms with van der Waals surface area (Å²) in [6, 6.07) is 14.2. The van der Waals surface area contributed by atoms with Crippen LogP contribution in [0.4, 0.5) is 4.39 Å². The summed E-state index contributed by atoms with van der Waals surface area (Å²) in [5.74, 6) is 0.0311. The van der Waals surface area contributed by atoms with Gasteiger partial charge >= 0.3 is 5.97 Å². The number of rotatable bonds is 8. The second-order valence-electron chi connectivity index (χ2n) is 8.27. The molecule has 2 aromatic carbocycles. The van der Waals surface area contributed by atoms with Gasteiger partial charge < -0.3 is 14.4 Å². The van der Waals surface area contributed by atoms with Crippen LogP contribution in [0.2, 0.25) is 0 Å². The number of carbonyl (C=O) groups excluding carboxylic acids is 2. The minimum atomic E-state index is -0.280. The SMILES string of the molecule is COC(=O)CCc1ccccc1OCC(=O)N1C[C@@H](C)N(Cc2ccc(F)cc2)C[C@@H]1C. The van der Waals surface area contributed by atoms with Crippen molar-refractivity contribution in [3.63, 3.8) is 0 Å². The van der Waals surface area contributed by atoms with E-state index in [4.69, 9.17) is 9.47 Å². The van der Waals surface area contributed by atoms with Gasteiger partial charge in [-0.25, -0.2) is 4.39 Å². The number of hydrogen-bond donors (Lipinski definition) is 0. The van der Waals surface area contributed by atoms with Crippen molar-refractivity contribution in [2.45, 2.75) is 45.3 Å². The Labute approximate surface area is 188 Å². The summed E-state index contributed by atoms with van der Waals surface area (Å²) in [5, 5.41) is 0. The average Bonchev–Trinajstić information content (AvgIpc) is 2.80. The first-order valence-corrected chi connectivity index (χ1v) is 10.9. The molecule has 1 aliphatic rings. The number of nitrogens with zero attached hydrogens (tertiary/aromatic N) is 2. The van der Waals surface area contributed by atoms with Crippen LogP contribution in [0.25, 0.3) is 0 Å². The summed E-state index contributed by atoms with van der Waals surface area (Å²) in [4.78, 5) is 28.5. The number of piperazine rings is 1. The molecular formula is C25H31FN2O4. The third-order valence-corrected chi connectivity index (χ3v) is 5.88. The predicted octanol–water partition coefficient (Wildman–Crippen LogP) is 3.43. The number of halogens is 1. The fraction of sp³-hybridized carbons (Fsp3) is 0.440. The molecule has 0 N–H and O–H groups in total. The van der Waals surface area contributed by atoms with Gasteiger partial charge in [-0.2, -0.15) is 0 Å². The van der Waals surface area contributed by atoms with Crippen LogP contribution in [0.1, 0.15) is 31.4 Å². The monoisotopic (exact) mass is 442 g/mol. The molecule has 1 aliphatic heterocycles. The summed E-state index contributed by atoms with van der Waals surface area (Å²) in [7, 11) is 1.37. The lowest BCUT2D eigenvalue weighted by molar-refractivity contribution is -0.141. The number of ether oxygens (including phenoxy) is 2. The number of methoxy groups -OCH3 is 1. The summed E-state index contributed by atoms with van der Waals surface area (Å²) >= 11 is 0. The average molecular weight is 443 g/mol. The first-order valence-electron chi connectivity index (χ1n) is 10.9. The molecule has 1 heterocycles. The largest absolute Gasteiger partial charge is 0.483 e. The van der Waals surface area contributed by atoms with Gasteiger partial charge in [0.1, 0.15) is 11.6 Å². The van der Waals surface area contributed by atoms with E-state index in [2.05, 4.69) is 11.8 Å². The normalized spacial score (nSPS) is 18.9. The Morgan fingerprint density at radius 2 is 1.75 bits per heavy atom. The van der Waals surface area contributed by atoms with Crippen LogP contribution < -0.4 is 4.74 Å². The standard InChI is InChI=1S/C25H31FN2O4/c1-18-15-28(19(2)14-27(18)16-20-8-11-22(26)12-9-20)24(29)17-32-23-7-5-4-6-21(23)10-13-25(30)31-3/h4-9,11-12,18-19H,10,13-17H2,1-3H3/t18-,19+/m1/s1. The third-order valence-electron chi connectivity index (χ3n) is 5.88. The quantitative estimate of drug-likeness (QED) is 0.587. The van der Waals surface area contributed by atoms with Gasteiger partial charge in [-0.15, -0.1) is 0 Å². The molecule has 2 atom stereocenters. The zero-order chi connectivity index (χ0) is 23.1. The van der Waals surface area contributed by atoms with E-state index in [0.717, 1.165) is 24.2 Å². The van der Waals surface area contributed by atoms with Crippen molar-refractivity contribution in [1.29, 1.82) is 0 Å². The topological polar surface area (TPSA) is 59.1 Å². The molecule has 0 saturated carbocycles. The van der Waals surface area contributed by atoms with Gasteiger partial charge in [0.05, 0.1) is 7.11 Å². The van der Waals surface area contributed by atoms with Crippen molar-refractivity contribution >= 4 is 11.9 Å². The smallest absolute Gasteiger partial charge is 0.305 e. The van der Waals surface area contributed by atoms with E-state index in [1.165, 1.54) is 19.2 Å². The van der Waals surface area contributed by atoms with Gasteiger partial charge in [-0.3, -0.25) is 14.5 Å². The lowest BCUT2D eigenvalue weighted by Gasteiger charge is -2.44. The maximum Gasteiger partial charge on any atom is 0.305 e. The van der Waals surface area contributed by atoms with Crippen LogP contribution in [0.5, 0.6) is 5.75 Å². The molecule has 1 amide bonds. The van der Waals surface area contributed by atoms with E-state index in [1.54, 1.807) is 12.1 Å². The maximum absolute atomic E-state index is 13.2. The van der Waals surface area contributed by atoms with Crippen LogP contribution in [0.3, 0.4) is 0 Å². The van der Waals surface area contributed by atoms with Gasteiger partial charge in [-0.05, 0) is 49.6 Å². The molecule has 0 spiro atoms. The molecule has 1 saturated heterocycles. The fourth-order valence-corrected chi connectivity index (χ4v) is 4.00. The Hall–Kier alpha value is -2.93. The molecular weight excluding hydrogens is 411 g/mol. The number of amides is 1. The van der Waals surface area contributed by atoms with Crippen LogP contribution in [-0.4, -0.2) is 60.6 Å². The van der Waals surface area contributed by atoms with E-state index in [1.807, 2.05) is 36.1 Å². The van der Waals surface area contributed by atoms with Gasteiger partial charge in [-0.1, -0.05) is 30.3 Å². The molecule has 0 aromatic heterocycles. The first kappa shape index (κ1) is 23.7. The van der Waals surface area contributed by atoms with E-state index in [0.29, 0.717) is 18.7 Å². The lowest BCUT2D eigenvalue weighted by Crippen LogP contribution is -2.58. The Kier molecular flexibility index (Phi) is 8.22. The second kappa shape index (κ2) is 11.1. The van der Waals surface area contributed by atoms with Crippen LogP contribution in [-0.2, 0) is 27.3 Å². The Morgan fingerprint density at radius 1 is 1.03 bits per heavy atom. The van der Waals surface area contributed by atoms with E-state index in [-0.39, 0.29) is 42.8 Å². The molecule has 172 valence electrons. The zero-order valence-electron chi connectivity index (χ0n) is 18.9. The van der Waals surface area contributed by atoms with Gasteiger partial charge in [0.25, 0.3) is 5.91 Å². The maximum atomic E-state index is 13.2. The van der Waals surface area contributed by atoms with Gasteiger partial charge in [0.15, 0.2) is 6.61 Å². The minimum absolute atomic E-state index is 0.0392. The Morgan fingerprint density at radius 3 is 2.47 bits per heavy atom. The van der Waals surface area contributed by atoms with Crippen molar-refractivity contribution in [2.24, 2.45) is 0 Å². The van der Waals surface area contributed by atoms with Crippen molar-refractivity contribution in [3.05, 3.63) is 65.5 Å². The highest BCUT2D eigenvalue weighted by molar-refractivity contribution is 5.78. The van der Waals surface area contributed by atoms with E-state index < -0.39 is 0 Å². The highest BCUT2D eigenvalue weighted by Crippen LogP contribution is 2.22. The molecule has 2 aromatic rings. The van der Waals surface area contributed by atoms with Crippen molar-refractivity contribution in [1.82, 2.24) is 9.80 Å². The van der Waals surface area contributed by atoms with Gasteiger partial charge in [0, 0.05) is 38.1 Å². The molecule has 3 rings (SSSR count). The fourth-order valence-electron chi connectivity index (χ4n) is 4.00. The lowest BCUT2D eigenvalue weighted by atomic mass is 10.1. The van der Waals surface area contributed by atoms with Crippen molar-refractivity contribution < 1.29 is 23.5 Å². The third kappa shape index (κ3) is 6.29. The van der Waals surface area contributed by atoms with E-state index >= 15 is 0 Å². The molecule has 0 radical (unpaired) electrons. The number of para-hydroxylation sites is 1. The van der Waals surface area contributed by atoms with Crippen LogP contribution in [0.15, 0.2) is 48.5 Å². The van der Waals surface area contributed by atoms with Gasteiger partial charge in [0.2, 0.25) is 0 Å². The molecule has 0 unspecified atom stereocenters. The second-order valence-corrected chi connectivity index (χ2v) is 8.27. The number of benzene rings is 2. The zero-order valence-corrected chi connectivity index (χ0v) is 18.9. The number of aryl methyl sites for hydroxylation is 1. The number of hydrogen-bond acceptors (Lipinski definition) is 5. The highest BCUT2D eigenvalue weighted by Gasteiger charge is 2.32. The molecule has 7 heteroatoms. The van der Waals surface area contributed by atoms with Crippen LogP contribution in [0, 0.1) is 5.82 Å². The molecule has 6 nitrogen and oxygen atoms in total. The molecule has 0 aliphatic carbocycles. The predicted molar refractivity (Wildman–Crippen MR) is 120 cm³/mol. The summed E-state index contributed by atoms with van der Waals surface area (Å²) in [5.41, 5.74) is 1.92. The summed E-state index contributed by atoms with van der Waals surface area (Å²) in [6.45, 7) is 6.14. The molecule has 0 bridgehead atoms. The minimum Gasteiger partial charge on any atom is -0.483 e. The summed E-state index contributed by atoms with van der Waals surface area (Å²) in [6.07, 6.45) is 0.752. The van der Waals surface area contributed by atoms with E-state index in [9.17, 15) is 14.0 Å². The molecule has 1 fully saturated rings. The first-order chi connectivity index (χ1) is 15.4. The molecule has 32 heavy (non-hydrogen) atoms. The van der Waals surface area contributed by atoms with Crippen molar-refractivity contribution in [2.75, 3.05) is 26.8 Å².